The van der Waals surface area contributed by atoms with Crippen LogP contribution < -0.4 is 4.72 Å². The third kappa shape index (κ3) is 3.48. The van der Waals surface area contributed by atoms with Gasteiger partial charge in [0.15, 0.2) is 5.79 Å². The topological polar surface area (TPSA) is 64.6 Å². The van der Waals surface area contributed by atoms with Gasteiger partial charge in [0, 0.05) is 23.4 Å². The summed E-state index contributed by atoms with van der Waals surface area (Å²) in [6.45, 7) is 1.27. The molecule has 2 aliphatic rings. The van der Waals surface area contributed by atoms with Crippen LogP contribution in [0.15, 0.2) is 33.6 Å². The Labute approximate surface area is 133 Å². The fraction of sp³-hybridized carbons (Fsp3) is 0.571. The summed E-state index contributed by atoms with van der Waals surface area (Å²) in [4.78, 5) is 0.291. The van der Waals surface area contributed by atoms with Crippen molar-refractivity contribution in [2.75, 3.05) is 13.2 Å². The number of halogens is 1. The Morgan fingerprint density at radius 3 is 2.24 bits per heavy atom. The lowest BCUT2D eigenvalue weighted by Gasteiger charge is -2.35. The van der Waals surface area contributed by atoms with Crippen molar-refractivity contribution in [2.24, 2.45) is 0 Å². The van der Waals surface area contributed by atoms with E-state index < -0.39 is 15.8 Å². The average molecular weight is 376 g/mol. The van der Waals surface area contributed by atoms with E-state index in [0.29, 0.717) is 18.1 Å². The number of benzene rings is 1. The third-order valence-corrected chi connectivity index (χ3v) is 6.07. The molecule has 1 saturated heterocycles. The van der Waals surface area contributed by atoms with Crippen molar-refractivity contribution in [3.8, 4) is 0 Å². The maximum Gasteiger partial charge on any atom is 0.240 e. The van der Waals surface area contributed by atoms with E-state index in [1.807, 2.05) is 0 Å². The predicted octanol–water partition coefficient (Wildman–Crippen LogP) is 2.41. The van der Waals surface area contributed by atoms with Crippen LogP contribution in [0.25, 0.3) is 0 Å². The van der Waals surface area contributed by atoms with Crippen molar-refractivity contribution in [3.63, 3.8) is 0 Å². The summed E-state index contributed by atoms with van der Waals surface area (Å²) in [5, 5.41) is 0. The van der Waals surface area contributed by atoms with Crippen molar-refractivity contribution in [2.45, 2.75) is 42.4 Å². The van der Waals surface area contributed by atoms with Crippen molar-refractivity contribution < 1.29 is 17.9 Å². The van der Waals surface area contributed by atoms with Gasteiger partial charge < -0.3 is 9.47 Å². The molecule has 1 aromatic carbocycles. The molecular weight excluding hydrogens is 358 g/mol. The van der Waals surface area contributed by atoms with Crippen molar-refractivity contribution >= 4 is 26.0 Å². The van der Waals surface area contributed by atoms with Gasteiger partial charge in [0.05, 0.1) is 18.1 Å². The molecule has 0 bridgehead atoms. The van der Waals surface area contributed by atoms with Crippen LogP contribution in [0.2, 0.25) is 0 Å². The van der Waals surface area contributed by atoms with Crippen LogP contribution in [0.5, 0.6) is 0 Å². The molecule has 1 heterocycles. The minimum atomic E-state index is -3.46. The number of nitrogens with one attached hydrogen (secondary N) is 1. The van der Waals surface area contributed by atoms with Gasteiger partial charge in [-0.15, -0.1) is 0 Å². The second-order valence-electron chi connectivity index (χ2n) is 5.46. The largest absolute Gasteiger partial charge is 0.348 e. The van der Waals surface area contributed by atoms with Crippen molar-refractivity contribution in [1.29, 1.82) is 0 Å². The van der Waals surface area contributed by atoms with E-state index in [4.69, 9.17) is 9.47 Å². The normalized spacial score (nSPS) is 22.7. The van der Waals surface area contributed by atoms with Gasteiger partial charge in [0.2, 0.25) is 10.0 Å². The van der Waals surface area contributed by atoms with E-state index in [1.165, 1.54) is 0 Å². The van der Waals surface area contributed by atoms with Crippen LogP contribution in [0.1, 0.15) is 25.7 Å². The first kappa shape index (κ1) is 15.4. The highest BCUT2D eigenvalue weighted by atomic mass is 79.9. The number of hydrogen-bond acceptors (Lipinski definition) is 4. The molecule has 21 heavy (non-hydrogen) atoms. The van der Waals surface area contributed by atoms with Gasteiger partial charge in [-0.25, -0.2) is 13.1 Å². The summed E-state index contributed by atoms with van der Waals surface area (Å²) in [5.41, 5.74) is 0. The van der Waals surface area contributed by atoms with Gasteiger partial charge in [0.1, 0.15) is 0 Å². The molecule has 2 fully saturated rings. The van der Waals surface area contributed by atoms with E-state index >= 15 is 0 Å². The van der Waals surface area contributed by atoms with Gasteiger partial charge in [-0.3, -0.25) is 0 Å². The molecule has 0 amide bonds. The Morgan fingerprint density at radius 1 is 1.10 bits per heavy atom. The lowest BCUT2D eigenvalue weighted by atomic mass is 9.91. The Hall–Kier alpha value is -0.470. The molecule has 0 aromatic heterocycles. The third-order valence-electron chi connectivity index (χ3n) is 4.01. The Bertz CT molecular complexity index is 586. The van der Waals surface area contributed by atoms with Crippen LogP contribution in [0.4, 0.5) is 0 Å². The maximum atomic E-state index is 12.3. The van der Waals surface area contributed by atoms with Gasteiger partial charge in [-0.1, -0.05) is 15.9 Å². The summed E-state index contributed by atoms with van der Waals surface area (Å²) in [6.07, 6.45) is 2.94. The Morgan fingerprint density at radius 2 is 1.67 bits per heavy atom. The first-order valence-electron chi connectivity index (χ1n) is 7.05. The average Bonchev–Trinajstić information content (AvgIpc) is 2.90. The minimum absolute atomic E-state index is 0.0583. The first-order valence-corrected chi connectivity index (χ1v) is 9.33. The quantitative estimate of drug-likeness (QED) is 0.880. The second-order valence-corrected chi connectivity index (χ2v) is 8.09. The van der Waals surface area contributed by atoms with Crippen LogP contribution in [0, 0.1) is 0 Å². The molecule has 1 aliphatic heterocycles. The van der Waals surface area contributed by atoms with Crippen molar-refractivity contribution in [3.05, 3.63) is 28.7 Å². The molecule has 1 N–H and O–H groups in total. The Kier molecular flexibility index (Phi) is 4.38. The molecule has 0 atom stereocenters. The molecule has 1 saturated carbocycles. The highest BCUT2D eigenvalue weighted by Gasteiger charge is 2.41. The summed E-state index contributed by atoms with van der Waals surface area (Å²) < 4.78 is 39.6. The van der Waals surface area contributed by atoms with Gasteiger partial charge in [-0.05, 0) is 37.1 Å². The standard InChI is InChI=1S/C14H18BrNO4S/c15-11-1-3-13(4-2-11)21(17,18)16-12-5-7-14(8-6-12)19-9-10-20-14/h1-4,12,16H,5-10H2. The van der Waals surface area contributed by atoms with Gasteiger partial charge >= 0.3 is 0 Å². The molecule has 1 spiro atoms. The number of hydrogen-bond donors (Lipinski definition) is 1. The molecule has 0 radical (unpaired) electrons. The summed E-state index contributed by atoms with van der Waals surface area (Å²) >= 11 is 3.30. The van der Waals surface area contributed by atoms with Gasteiger partial charge in [-0.2, -0.15) is 0 Å². The van der Waals surface area contributed by atoms with Crippen LogP contribution in [-0.2, 0) is 19.5 Å². The molecular formula is C14H18BrNO4S. The molecule has 0 unspecified atom stereocenters. The Balaban J connectivity index is 1.63. The van der Waals surface area contributed by atoms with Gasteiger partial charge in [0.25, 0.3) is 0 Å². The number of rotatable bonds is 3. The minimum Gasteiger partial charge on any atom is -0.348 e. The molecule has 116 valence electrons. The van der Waals surface area contributed by atoms with E-state index in [9.17, 15) is 8.42 Å². The molecule has 1 aliphatic carbocycles. The molecule has 7 heteroatoms. The van der Waals surface area contributed by atoms with Crippen LogP contribution >= 0.6 is 15.9 Å². The highest BCUT2D eigenvalue weighted by molar-refractivity contribution is 9.10. The zero-order valence-electron chi connectivity index (χ0n) is 11.5. The first-order chi connectivity index (χ1) is 9.99. The summed E-state index contributed by atoms with van der Waals surface area (Å²) in [5.74, 6) is -0.459. The fourth-order valence-electron chi connectivity index (χ4n) is 2.86. The second kappa shape index (κ2) is 5.96. The highest BCUT2D eigenvalue weighted by Crippen LogP contribution is 2.36. The maximum absolute atomic E-state index is 12.3. The number of ether oxygens (including phenoxy) is 2. The lowest BCUT2D eigenvalue weighted by Crippen LogP contribution is -2.43. The van der Waals surface area contributed by atoms with E-state index in [-0.39, 0.29) is 6.04 Å². The zero-order valence-corrected chi connectivity index (χ0v) is 14.0. The smallest absolute Gasteiger partial charge is 0.240 e. The fourth-order valence-corrected chi connectivity index (χ4v) is 4.43. The van der Waals surface area contributed by atoms with E-state index in [2.05, 4.69) is 20.7 Å². The van der Waals surface area contributed by atoms with Crippen molar-refractivity contribution in [1.82, 2.24) is 4.72 Å². The summed E-state index contributed by atoms with van der Waals surface area (Å²) in [6, 6.07) is 6.59. The van der Waals surface area contributed by atoms with Crippen LogP contribution in [0.3, 0.4) is 0 Å². The summed E-state index contributed by atoms with van der Waals surface area (Å²) in [7, 11) is -3.46. The van der Waals surface area contributed by atoms with Crippen LogP contribution in [-0.4, -0.2) is 33.5 Å². The zero-order chi connectivity index (χ0) is 14.9. The predicted molar refractivity (Wildman–Crippen MR) is 81.4 cm³/mol. The molecule has 3 rings (SSSR count). The monoisotopic (exact) mass is 375 g/mol. The van der Waals surface area contributed by atoms with E-state index in [1.54, 1.807) is 24.3 Å². The number of sulfonamides is 1. The molecule has 1 aromatic rings. The SMILES string of the molecule is O=S(=O)(NC1CCC2(CC1)OCCO2)c1ccc(Br)cc1. The lowest BCUT2D eigenvalue weighted by molar-refractivity contribution is -0.178. The van der Waals surface area contributed by atoms with E-state index in [0.717, 1.165) is 30.2 Å². The molecule has 5 nitrogen and oxygen atoms in total.